The molecule has 2 aromatic carbocycles. The van der Waals surface area contributed by atoms with Crippen molar-refractivity contribution in [2.45, 2.75) is 36.4 Å². The van der Waals surface area contributed by atoms with Crippen LogP contribution in [0.25, 0.3) is 0 Å². The molecule has 8 heteroatoms. The van der Waals surface area contributed by atoms with Crippen molar-refractivity contribution < 1.29 is 17.9 Å². The maximum absolute atomic E-state index is 13.3. The molecule has 1 spiro atoms. The number of likely N-dealkylation sites (tertiary alicyclic amines) is 1. The van der Waals surface area contributed by atoms with Crippen LogP contribution in [0.5, 0.6) is 0 Å². The molecule has 2 aromatic rings. The number of nitrogens with zero attached hydrogens (tertiary/aromatic N) is 2. The molecule has 7 nitrogen and oxygen atoms in total. The number of nitrogens with one attached hydrogen (secondary N) is 1. The van der Waals surface area contributed by atoms with E-state index in [2.05, 4.69) is 5.32 Å². The SMILES string of the molecule is CC1COC2(CCN(C(=O)Nc3ccccc3)CC2)N1S(=O)(=O)c1ccccc1. The fourth-order valence-electron chi connectivity index (χ4n) is 4.12. The molecular weight excluding hydrogens is 390 g/mol. The fraction of sp³-hybridized carbons (Fsp3) is 0.381. The van der Waals surface area contributed by atoms with Gasteiger partial charge in [-0.05, 0) is 31.2 Å². The summed E-state index contributed by atoms with van der Waals surface area (Å²) in [4.78, 5) is 14.5. The van der Waals surface area contributed by atoms with Crippen LogP contribution in [-0.2, 0) is 14.8 Å². The van der Waals surface area contributed by atoms with Crippen LogP contribution < -0.4 is 5.32 Å². The number of sulfonamides is 1. The molecule has 1 unspecified atom stereocenters. The number of amides is 2. The first-order chi connectivity index (χ1) is 13.9. The number of para-hydroxylation sites is 1. The predicted molar refractivity (Wildman–Crippen MR) is 110 cm³/mol. The zero-order valence-corrected chi connectivity index (χ0v) is 17.1. The molecule has 2 heterocycles. The lowest BCUT2D eigenvalue weighted by molar-refractivity contribution is -0.0848. The van der Waals surface area contributed by atoms with Crippen molar-refractivity contribution in [1.29, 1.82) is 0 Å². The number of ether oxygens (including phenoxy) is 1. The van der Waals surface area contributed by atoms with Gasteiger partial charge in [0.25, 0.3) is 0 Å². The number of carbonyl (C=O) groups is 1. The van der Waals surface area contributed by atoms with Crippen LogP contribution in [0.1, 0.15) is 19.8 Å². The zero-order chi connectivity index (χ0) is 20.5. The van der Waals surface area contributed by atoms with Crippen LogP contribution in [-0.4, -0.2) is 55.1 Å². The van der Waals surface area contributed by atoms with Crippen LogP contribution in [0.15, 0.2) is 65.6 Å². The van der Waals surface area contributed by atoms with Gasteiger partial charge >= 0.3 is 6.03 Å². The molecule has 2 fully saturated rings. The van der Waals surface area contributed by atoms with Crippen molar-refractivity contribution in [3.05, 3.63) is 60.7 Å². The van der Waals surface area contributed by atoms with E-state index in [9.17, 15) is 13.2 Å². The summed E-state index contributed by atoms with van der Waals surface area (Å²) in [6.45, 7) is 3.06. The van der Waals surface area contributed by atoms with Crippen LogP contribution in [0, 0.1) is 0 Å². The van der Waals surface area contributed by atoms with Gasteiger partial charge in [0.2, 0.25) is 10.0 Å². The first-order valence-electron chi connectivity index (χ1n) is 9.77. The Balaban J connectivity index is 1.50. The number of rotatable bonds is 3. The number of urea groups is 1. The zero-order valence-electron chi connectivity index (χ0n) is 16.3. The number of benzene rings is 2. The molecule has 1 atom stereocenters. The summed E-state index contributed by atoms with van der Waals surface area (Å²) in [5.74, 6) is 0. The fourth-order valence-corrected chi connectivity index (χ4v) is 6.05. The van der Waals surface area contributed by atoms with Gasteiger partial charge in [0.1, 0.15) is 5.72 Å². The molecule has 154 valence electrons. The molecule has 0 aliphatic carbocycles. The predicted octanol–water partition coefficient (Wildman–Crippen LogP) is 3.12. The Morgan fingerprint density at radius 2 is 1.62 bits per heavy atom. The Bertz CT molecular complexity index is 958. The van der Waals surface area contributed by atoms with Gasteiger partial charge in [0.05, 0.1) is 11.5 Å². The summed E-state index contributed by atoms with van der Waals surface area (Å²) >= 11 is 0. The molecule has 0 bridgehead atoms. The van der Waals surface area contributed by atoms with Gasteiger partial charge in [0.15, 0.2) is 0 Å². The van der Waals surface area contributed by atoms with Gasteiger partial charge in [-0.1, -0.05) is 36.4 Å². The monoisotopic (exact) mass is 415 g/mol. The minimum absolute atomic E-state index is 0.186. The van der Waals surface area contributed by atoms with Gasteiger partial charge in [-0.15, -0.1) is 0 Å². The first-order valence-corrected chi connectivity index (χ1v) is 11.2. The minimum Gasteiger partial charge on any atom is -0.358 e. The number of hydrogen-bond acceptors (Lipinski definition) is 4. The van der Waals surface area contributed by atoms with Gasteiger partial charge < -0.3 is 15.0 Å². The Morgan fingerprint density at radius 3 is 2.24 bits per heavy atom. The second-order valence-electron chi connectivity index (χ2n) is 7.50. The Labute approximate surface area is 171 Å². The standard InChI is InChI=1S/C21H25N3O4S/c1-17-16-28-21(24(17)29(26,27)19-10-6-3-7-11-19)12-14-23(15-13-21)20(25)22-18-8-4-2-5-9-18/h2-11,17H,12-16H2,1H3,(H,22,25). The van der Waals surface area contributed by atoms with Crippen molar-refractivity contribution in [2.75, 3.05) is 25.0 Å². The average molecular weight is 416 g/mol. The maximum atomic E-state index is 13.3. The third-order valence-electron chi connectivity index (χ3n) is 5.55. The second-order valence-corrected chi connectivity index (χ2v) is 9.32. The van der Waals surface area contributed by atoms with E-state index >= 15 is 0 Å². The highest BCUT2D eigenvalue weighted by Gasteiger charge is 2.54. The van der Waals surface area contributed by atoms with E-state index in [0.717, 1.165) is 5.69 Å². The summed E-state index contributed by atoms with van der Waals surface area (Å²) in [5, 5.41) is 2.88. The van der Waals surface area contributed by atoms with E-state index in [0.29, 0.717) is 32.5 Å². The van der Waals surface area contributed by atoms with E-state index in [1.807, 2.05) is 37.3 Å². The molecule has 0 radical (unpaired) electrons. The summed E-state index contributed by atoms with van der Waals surface area (Å²) in [6, 6.07) is 17.3. The van der Waals surface area contributed by atoms with Crippen molar-refractivity contribution >= 4 is 21.7 Å². The largest absolute Gasteiger partial charge is 0.358 e. The lowest BCUT2D eigenvalue weighted by Crippen LogP contribution is -2.57. The normalized spacial score (nSPS) is 22.0. The molecule has 29 heavy (non-hydrogen) atoms. The minimum atomic E-state index is -3.69. The number of hydrogen-bond donors (Lipinski definition) is 1. The quantitative estimate of drug-likeness (QED) is 0.835. The summed E-state index contributed by atoms with van der Waals surface area (Å²) in [6.07, 6.45) is 0.872. The van der Waals surface area contributed by atoms with Crippen LogP contribution in [0.2, 0.25) is 0 Å². The smallest absolute Gasteiger partial charge is 0.321 e. The van der Waals surface area contributed by atoms with Crippen molar-refractivity contribution in [3.63, 3.8) is 0 Å². The van der Waals surface area contributed by atoms with Gasteiger partial charge in [0, 0.05) is 37.7 Å². The van der Waals surface area contributed by atoms with E-state index in [1.165, 1.54) is 4.31 Å². The molecule has 2 saturated heterocycles. The molecule has 4 rings (SSSR count). The Hall–Kier alpha value is -2.42. The highest BCUT2D eigenvalue weighted by Crippen LogP contribution is 2.41. The topological polar surface area (TPSA) is 79.0 Å². The third kappa shape index (κ3) is 3.75. The molecule has 2 amide bonds. The number of anilines is 1. The van der Waals surface area contributed by atoms with E-state index in [4.69, 9.17) is 4.74 Å². The number of carbonyl (C=O) groups excluding carboxylic acids is 1. The summed E-state index contributed by atoms with van der Waals surface area (Å²) in [7, 11) is -3.69. The van der Waals surface area contributed by atoms with Gasteiger partial charge in [-0.2, -0.15) is 4.31 Å². The Morgan fingerprint density at radius 1 is 1.03 bits per heavy atom. The van der Waals surface area contributed by atoms with Gasteiger partial charge in [-0.25, -0.2) is 13.2 Å². The van der Waals surface area contributed by atoms with Crippen LogP contribution in [0.4, 0.5) is 10.5 Å². The molecule has 0 aromatic heterocycles. The van der Waals surface area contributed by atoms with Crippen molar-refractivity contribution in [1.82, 2.24) is 9.21 Å². The van der Waals surface area contributed by atoms with Crippen molar-refractivity contribution in [2.24, 2.45) is 0 Å². The van der Waals surface area contributed by atoms with Crippen LogP contribution >= 0.6 is 0 Å². The van der Waals surface area contributed by atoms with Gasteiger partial charge in [-0.3, -0.25) is 0 Å². The molecule has 2 aliphatic heterocycles. The van der Waals surface area contributed by atoms with E-state index in [-0.39, 0.29) is 17.0 Å². The van der Waals surface area contributed by atoms with E-state index in [1.54, 1.807) is 35.2 Å². The lowest BCUT2D eigenvalue weighted by atomic mass is 10.0. The molecule has 2 aliphatic rings. The van der Waals surface area contributed by atoms with Crippen molar-refractivity contribution in [3.8, 4) is 0 Å². The van der Waals surface area contributed by atoms with E-state index < -0.39 is 15.7 Å². The first kappa shape index (κ1) is 19.9. The lowest BCUT2D eigenvalue weighted by Gasteiger charge is -2.43. The third-order valence-corrected chi connectivity index (χ3v) is 7.63. The highest BCUT2D eigenvalue weighted by molar-refractivity contribution is 7.89. The Kier molecular flexibility index (Phi) is 5.33. The highest BCUT2D eigenvalue weighted by atomic mass is 32.2. The summed E-state index contributed by atoms with van der Waals surface area (Å²) in [5.41, 5.74) is -0.172. The maximum Gasteiger partial charge on any atom is 0.321 e. The summed E-state index contributed by atoms with van der Waals surface area (Å²) < 4.78 is 34.2. The number of piperidine rings is 1. The molecule has 0 saturated carbocycles. The van der Waals surface area contributed by atoms with Crippen LogP contribution in [0.3, 0.4) is 0 Å². The molecule has 1 N–H and O–H groups in total. The molecular formula is C21H25N3O4S. The second kappa shape index (κ2) is 7.78. The average Bonchev–Trinajstić information content (AvgIpc) is 3.06.